The first-order valence-corrected chi connectivity index (χ1v) is 10.7. The molecule has 0 aliphatic heterocycles. The first kappa shape index (κ1) is 20.6. The molecule has 2 heterocycles. The predicted octanol–water partition coefficient (Wildman–Crippen LogP) is 5.11. The Balaban J connectivity index is 1.40. The van der Waals surface area contributed by atoms with Crippen LogP contribution in [0.15, 0.2) is 72.1 Å². The van der Waals surface area contributed by atoms with E-state index in [9.17, 15) is 9.59 Å². The molecule has 31 heavy (non-hydrogen) atoms. The van der Waals surface area contributed by atoms with Crippen molar-refractivity contribution in [2.24, 2.45) is 0 Å². The highest BCUT2D eigenvalue weighted by Crippen LogP contribution is 2.18. The molecule has 4 rings (SSSR count). The molecule has 2 N–H and O–H groups in total. The molecular formula is C24H22N4O2S. The second-order valence-electron chi connectivity index (χ2n) is 7.25. The van der Waals surface area contributed by atoms with Crippen molar-refractivity contribution < 1.29 is 9.59 Å². The molecule has 2 aromatic heterocycles. The Kier molecular flexibility index (Phi) is 5.95. The van der Waals surface area contributed by atoms with Crippen molar-refractivity contribution in [2.75, 3.05) is 10.6 Å². The van der Waals surface area contributed by atoms with Gasteiger partial charge in [0, 0.05) is 22.6 Å². The summed E-state index contributed by atoms with van der Waals surface area (Å²) in [6.45, 7) is 4.59. The Bertz CT molecular complexity index is 1210. The Labute approximate surface area is 184 Å². The normalized spacial score (nSPS) is 10.6. The quantitative estimate of drug-likeness (QED) is 0.446. The summed E-state index contributed by atoms with van der Waals surface area (Å²) in [5.74, 6) is -0.336. The van der Waals surface area contributed by atoms with E-state index in [1.54, 1.807) is 36.4 Å². The summed E-state index contributed by atoms with van der Waals surface area (Å²) >= 11 is 1.39. The highest BCUT2D eigenvalue weighted by Gasteiger charge is 2.10. The molecule has 0 saturated carbocycles. The molecule has 0 spiro atoms. The summed E-state index contributed by atoms with van der Waals surface area (Å²) in [7, 11) is 0. The zero-order valence-electron chi connectivity index (χ0n) is 17.3. The fraction of sp³-hybridized carbons (Fsp3) is 0.125. The summed E-state index contributed by atoms with van der Waals surface area (Å²) < 4.78 is 1.93. The maximum Gasteiger partial charge on any atom is 0.265 e. The molecule has 4 aromatic rings. The number of benzene rings is 2. The molecule has 0 bridgehead atoms. The van der Waals surface area contributed by atoms with Gasteiger partial charge in [-0.05, 0) is 73.3 Å². The summed E-state index contributed by atoms with van der Waals surface area (Å²) in [6, 6.07) is 20.2. The van der Waals surface area contributed by atoms with Crippen LogP contribution >= 0.6 is 11.3 Å². The van der Waals surface area contributed by atoms with Gasteiger partial charge in [-0.1, -0.05) is 18.2 Å². The molecule has 7 heteroatoms. The number of aryl methyl sites for hydroxylation is 2. The number of aromatic nitrogens is 2. The van der Waals surface area contributed by atoms with Gasteiger partial charge in [-0.3, -0.25) is 14.3 Å². The van der Waals surface area contributed by atoms with Crippen LogP contribution in [0.25, 0.3) is 0 Å². The highest BCUT2D eigenvalue weighted by atomic mass is 32.1. The van der Waals surface area contributed by atoms with Crippen LogP contribution in [0.1, 0.15) is 37.0 Å². The molecule has 0 aliphatic rings. The highest BCUT2D eigenvalue weighted by molar-refractivity contribution is 7.12. The minimum Gasteiger partial charge on any atom is -0.322 e. The molecule has 2 aromatic carbocycles. The number of amides is 2. The van der Waals surface area contributed by atoms with E-state index in [4.69, 9.17) is 0 Å². The Hall–Kier alpha value is -3.71. The van der Waals surface area contributed by atoms with Gasteiger partial charge in [-0.25, -0.2) is 0 Å². The number of carbonyl (C=O) groups is 2. The third kappa shape index (κ3) is 5.07. The number of nitrogens with zero attached hydrogens (tertiary/aromatic N) is 2. The summed E-state index contributed by atoms with van der Waals surface area (Å²) in [5.41, 5.74) is 4.96. The first-order chi connectivity index (χ1) is 15.0. The number of anilines is 2. The predicted molar refractivity (Wildman–Crippen MR) is 124 cm³/mol. The summed E-state index contributed by atoms with van der Waals surface area (Å²) in [4.78, 5) is 25.5. The lowest BCUT2D eigenvalue weighted by Gasteiger charge is -2.09. The van der Waals surface area contributed by atoms with Gasteiger partial charge in [0.25, 0.3) is 11.8 Å². The minimum absolute atomic E-state index is 0.147. The van der Waals surface area contributed by atoms with Crippen LogP contribution < -0.4 is 10.6 Å². The molecule has 0 unspecified atom stereocenters. The molecule has 6 nitrogen and oxygen atoms in total. The van der Waals surface area contributed by atoms with Crippen LogP contribution in [0.2, 0.25) is 0 Å². The van der Waals surface area contributed by atoms with Gasteiger partial charge < -0.3 is 10.6 Å². The average molecular weight is 431 g/mol. The number of nitrogens with one attached hydrogen (secondary N) is 2. The molecular weight excluding hydrogens is 408 g/mol. The molecule has 0 radical (unpaired) electrons. The lowest BCUT2D eigenvalue weighted by atomic mass is 10.1. The fourth-order valence-corrected chi connectivity index (χ4v) is 3.88. The molecule has 0 atom stereocenters. The van der Waals surface area contributed by atoms with E-state index in [1.807, 2.05) is 54.2 Å². The van der Waals surface area contributed by atoms with Gasteiger partial charge >= 0.3 is 0 Å². The number of rotatable bonds is 6. The van der Waals surface area contributed by atoms with Crippen LogP contribution in [-0.2, 0) is 6.54 Å². The number of hydrogen-bond donors (Lipinski definition) is 2. The van der Waals surface area contributed by atoms with Crippen molar-refractivity contribution in [3.05, 3.63) is 99.5 Å². The van der Waals surface area contributed by atoms with Crippen molar-refractivity contribution in [1.29, 1.82) is 0 Å². The molecule has 0 fully saturated rings. The van der Waals surface area contributed by atoms with E-state index in [1.165, 1.54) is 11.3 Å². The van der Waals surface area contributed by atoms with E-state index in [0.717, 1.165) is 17.0 Å². The van der Waals surface area contributed by atoms with Crippen LogP contribution in [0.3, 0.4) is 0 Å². The fourth-order valence-electron chi connectivity index (χ4n) is 3.26. The molecule has 0 aliphatic carbocycles. The van der Waals surface area contributed by atoms with Gasteiger partial charge in [0.15, 0.2) is 0 Å². The van der Waals surface area contributed by atoms with Crippen LogP contribution in [0.4, 0.5) is 11.4 Å². The molecule has 0 saturated heterocycles. The van der Waals surface area contributed by atoms with E-state index < -0.39 is 0 Å². The summed E-state index contributed by atoms with van der Waals surface area (Å²) in [5, 5.41) is 12.1. The maximum absolute atomic E-state index is 12.7. The van der Waals surface area contributed by atoms with Crippen LogP contribution in [0.5, 0.6) is 0 Å². The third-order valence-electron chi connectivity index (χ3n) is 4.77. The van der Waals surface area contributed by atoms with E-state index >= 15 is 0 Å². The topological polar surface area (TPSA) is 76.0 Å². The molecule has 156 valence electrons. The van der Waals surface area contributed by atoms with E-state index in [-0.39, 0.29) is 11.8 Å². The maximum atomic E-state index is 12.7. The second-order valence-corrected chi connectivity index (χ2v) is 8.20. The van der Waals surface area contributed by atoms with Crippen LogP contribution in [0, 0.1) is 13.8 Å². The van der Waals surface area contributed by atoms with Crippen molar-refractivity contribution >= 4 is 34.5 Å². The smallest absolute Gasteiger partial charge is 0.265 e. The van der Waals surface area contributed by atoms with Gasteiger partial charge in [0.1, 0.15) is 0 Å². The van der Waals surface area contributed by atoms with Crippen molar-refractivity contribution in [3.63, 3.8) is 0 Å². The van der Waals surface area contributed by atoms with Crippen molar-refractivity contribution in [3.8, 4) is 0 Å². The number of thiophene rings is 1. The first-order valence-electron chi connectivity index (χ1n) is 9.84. The lowest BCUT2D eigenvalue weighted by molar-refractivity contribution is 0.102. The Morgan fingerprint density at radius 2 is 1.61 bits per heavy atom. The zero-order chi connectivity index (χ0) is 21.8. The van der Waals surface area contributed by atoms with Gasteiger partial charge in [-0.2, -0.15) is 5.10 Å². The standard InChI is InChI=1S/C24H22N4O2S/c1-16-13-17(2)28(27-16)15-18-5-3-6-19(14-18)23(29)25-20-8-10-21(11-9-20)26-24(30)22-7-4-12-31-22/h3-14H,15H2,1-2H3,(H,25,29)(H,26,30). The largest absolute Gasteiger partial charge is 0.322 e. The van der Waals surface area contributed by atoms with Crippen LogP contribution in [-0.4, -0.2) is 21.6 Å². The van der Waals surface area contributed by atoms with Gasteiger partial charge in [0.05, 0.1) is 17.1 Å². The summed E-state index contributed by atoms with van der Waals surface area (Å²) in [6.07, 6.45) is 0. The number of carbonyl (C=O) groups excluding carboxylic acids is 2. The monoisotopic (exact) mass is 430 g/mol. The number of hydrogen-bond acceptors (Lipinski definition) is 4. The Morgan fingerprint density at radius 3 is 2.23 bits per heavy atom. The lowest BCUT2D eigenvalue weighted by Crippen LogP contribution is -2.13. The minimum atomic E-state index is -0.189. The van der Waals surface area contributed by atoms with E-state index in [2.05, 4.69) is 15.7 Å². The van der Waals surface area contributed by atoms with Crippen molar-refractivity contribution in [1.82, 2.24) is 9.78 Å². The zero-order valence-corrected chi connectivity index (χ0v) is 18.1. The second kappa shape index (κ2) is 8.97. The van der Waals surface area contributed by atoms with E-state index in [0.29, 0.717) is 28.4 Å². The van der Waals surface area contributed by atoms with Gasteiger partial charge in [-0.15, -0.1) is 11.3 Å². The third-order valence-corrected chi connectivity index (χ3v) is 5.64. The SMILES string of the molecule is Cc1cc(C)n(Cc2cccc(C(=O)Nc3ccc(NC(=O)c4cccs4)cc3)c2)n1. The average Bonchev–Trinajstić information content (AvgIpc) is 3.40. The Morgan fingerprint density at radius 1 is 0.903 bits per heavy atom. The van der Waals surface area contributed by atoms with Crippen molar-refractivity contribution in [2.45, 2.75) is 20.4 Å². The molecule has 2 amide bonds. The van der Waals surface area contributed by atoms with Gasteiger partial charge in [0.2, 0.25) is 0 Å².